The van der Waals surface area contributed by atoms with Crippen molar-refractivity contribution in [1.29, 1.82) is 0 Å². The van der Waals surface area contributed by atoms with Crippen molar-refractivity contribution in [3.05, 3.63) is 70.9 Å². The largest absolute Gasteiger partial charge is 0.343 e. The van der Waals surface area contributed by atoms with E-state index in [2.05, 4.69) is 36.5 Å². The molecule has 0 radical (unpaired) electrons. The maximum atomic E-state index is 11.7. The number of amides is 1. The molecule has 1 saturated heterocycles. The number of halogens is 1. The number of nitrogens with one attached hydrogen (secondary N) is 1. The summed E-state index contributed by atoms with van der Waals surface area (Å²) >= 11 is 6.40. The van der Waals surface area contributed by atoms with Crippen LogP contribution < -0.4 is 5.32 Å². The molecule has 0 saturated carbocycles. The highest BCUT2D eigenvalue weighted by Gasteiger charge is 2.19. The molecule has 1 fully saturated rings. The molecular weight excluding hydrogens is 396 g/mol. The molecule has 1 amide bonds. The summed E-state index contributed by atoms with van der Waals surface area (Å²) in [6.07, 6.45) is 4.69. The number of rotatable bonds is 8. The first-order valence-electron chi connectivity index (χ1n) is 10.5. The van der Waals surface area contributed by atoms with Crippen molar-refractivity contribution in [2.45, 2.75) is 32.7 Å². The highest BCUT2D eigenvalue weighted by Crippen LogP contribution is 2.26. The highest BCUT2D eigenvalue weighted by atomic mass is 35.5. The molecule has 1 N–H and O–H groups in total. The molecule has 1 aliphatic heterocycles. The van der Waals surface area contributed by atoms with E-state index >= 15 is 0 Å². The van der Waals surface area contributed by atoms with Crippen LogP contribution in [0.2, 0.25) is 5.02 Å². The van der Waals surface area contributed by atoms with E-state index in [9.17, 15) is 4.79 Å². The Morgan fingerprint density at radius 2 is 1.93 bits per heavy atom. The summed E-state index contributed by atoms with van der Waals surface area (Å²) in [5.74, 6) is 0.290. The molecule has 156 valence electrons. The molecule has 6 heteroatoms. The van der Waals surface area contributed by atoms with E-state index in [-0.39, 0.29) is 5.91 Å². The van der Waals surface area contributed by atoms with E-state index in [1.54, 1.807) is 0 Å². The van der Waals surface area contributed by atoms with Gasteiger partial charge >= 0.3 is 0 Å². The minimum atomic E-state index is 0.290. The van der Waals surface area contributed by atoms with Crippen molar-refractivity contribution < 1.29 is 4.79 Å². The van der Waals surface area contributed by atoms with Crippen molar-refractivity contribution in [2.75, 3.05) is 19.6 Å². The monoisotopic (exact) mass is 422 g/mol. The summed E-state index contributed by atoms with van der Waals surface area (Å²) in [6, 6.07) is 16.2. The number of likely N-dealkylation sites (tertiary alicyclic amines) is 1. The quantitative estimate of drug-likeness (QED) is 0.539. The predicted octanol–water partition coefficient (Wildman–Crippen LogP) is 4.60. The van der Waals surface area contributed by atoms with Crippen LogP contribution in [0.4, 0.5) is 0 Å². The summed E-state index contributed by atoms with van der Waals surface area (Å²) in [5.41, 5.74) is 5.26. The third-order valence-corrected chi connectivity index (χ3v) is 5.80. The maximum absolute atomic E-state index is 11.7. The number of aromatic nitrogens is 2. The van der Waals surface area contributed by atoms with Crippen LogP contribution >= 0.6 is 11.6 Å². The lowest BCUT2D eigenvalue weighted by molar-refractivity contribution is -0.127. The van der Waals surface area contributed by atoms with Crippen LogP contribution in [0, 0.1) is 6.92 Å². The second kappa shape index (κ2) is 9.45. The zero-order valence-electron chi connectivity index (χ0n) is 17.3. The lowest BCUT2D eigenvalue weighted by Crippen LogP contribution is -2.28. The fraction of sp³-hybridized carbons (Fsp3) is 0.333. The number of aryl methyl sites for hydroxylation is 1. The molecule has 4 rings (SSSR count). The topological polar surface area (TPSA) is 50.2 Å². The molecule has 2 aromatic carbocycles. The third kappa shape index (κ3) is 4.74. The van der Waals surface area contributed by atoms with Crippen LogP contribution in [0.25, 0.3) is 16.9 Å². The standard InChI is InChI=1S/C24H27ClN4O/c1-18-9-11-19(12-10-18)24-20(16-26-13-5-15-28-14-4-8-23(28)30)17-29(27-24)22-7-3-2-6-21(22)25/h2-3,6-7,9-12,17,26H,4-5,8,13-16H2,1H3. The molecule has 0 aliphatic carbocycles. The van der Waals surface area contributed by atoms with Crippen molar-refractivity contribution >= 4 is 17.5 Å². The average molecular weight is 423 g/mol. The fourth-order valence-electron chi connectivity index (χ4n) is 3.81. The maximum Gasteiger partial charge on any atom is 0.222 e. The van der Waals surface area contributed by atoms with Crippen LogP contribution in [0.3, 0.4) is 0 Å². The van der Waals surface area contributed by atoms with E-state index in [0.29, 0.717) is 18.0 Å². The second-order valence-electron chi connectivity index (χ2n) is 7.78. The average Bonchev–Trinajstić information content (AvgIpc) is 3.35. The molecule has 1 aromatic heterocycles. The van der Waals surface area contributed by atoms with E-state index in [1.807, 2.05) is 40.0 Å². The van der Waals surface area contributed by atoms with Gasteiger partial charge in [0.15, 0.2) is 0 Å². The van der Waals surface area contributed by atoms with Crippen LogP contribution in [0.1, 0.15) is 30.4 Å². The van der Waals surface area contributed by atoms with Gasteiger partial charge in [-0.1, -0.05) is 53.6 Å². The Bertz CT molecular complexity index is 1010. The number of nitrogens with zero attached hydrogens (tertiary/aromatic N) is 3. The Balaban J connectivity index is 1.48. The van der Waals surface area contributed by atoms with Crippen molar-refractivity contribution in [2.24, 2.45) is 0 Å². The van der Waals surface area contributed by atoms with Crippen LogP contribution in [-0.4, -0.2) is 40.2 Å². The minimum Gasteiger partial charge on any atom is -0.343 e. The first kappa shape index (κ1) is 20.6. The number of hydrogen-bond acceptors (Lipinski definition) is 3. The summed E-state index contributed by atoms with van der Waals surface area (Å²) in [6.45, 7) is 5.38. The van der Waals surface area contributed by atoms with Crippen LogP contribution in [0.5, 0.6) is 0 Å². The molecule has 5 nitrogen and oxygen atoms in total. The summed E-state index contributed by atoms with van der Waals surface area (Å²) in [5, 5.41) is 9.04. The first-order chi connectivity index (χ1) is 14.6. The van der Waals surface area contributed by atoms with Gasteiger partial charge in [0.1, 0.15) is 0 Å². The molecule has 2 heterocycles. The Kier molecular flexibility index (Phi) is 6.50. The molecule has 0 unspecified atom stereocenters. The van der Waals surface area contributed by atoms with Gasteiger partial charge in [0.2, 0.25) is 5.91 Å². The molecule has 0 atom stereocenters. The lowest BCUT2D eigenvalue weighted by Gasteiger charge is -2.15. The zero-order chi connectivity index (χ0) is 20.9. The van der Waals surface area contributed by atoms with E-state index in [4.69, 9.17) is 16.7 Å². The number of carbonyl (C=O) groups excluding carboxylic acids is 1. The molecule has 3 aromatic rings. The van der Waals surface area contributed by atoms with Gasteiger partial charge in [0.25, 0.3) is 0 Å². The zero-order valence-corrected chi connectivity index (χ0v) is 18.0. The Morgan fingerprint density at radius 1 is 1.13 bits per heavy atom. The molecule has 0 bridgehead atoms. The minimum absolute atomic E-state index is 0.290. The lowest BCUT2D eigenvalue weighted by atomic mass is 10.1. The van der Waals surface area contributed by atoms with Crippen LogP contribution in [0.15, 0.2) is 54.7 Å². The Hall–Kier alpha value is -2.63. The normalized spacial score (nSPS) is 13.9. The van der Waals surface area contributed by atoms with Gasteiger partial charge in [-0.3, -0.25) is 4.79 Å². The molecule has 30 heavy (non-hydrogen) atoms. The summed E-state index contributed by atoms with van der Waals surface area (Å²) in [4.78, 5) is 13.7. The number of para-hydroxylation sites is 1. The van der Waals surface area contributed by atoms with Gasteiger partial charge in [-0.25, -0.2) is 4.68 Å². The Labute approximate surface area is 182 Å². The van der Waals surface area contributed by atoms with Gasteiger partial charge in [-0.2, -0.15) is 5.10 Å². The predicted molar refractivity (Wildman–Crippen MR) is 121 cm³/mol. The van der Waals surface area contributed by atoms with Crippen molar-refractivity contribution in [3.8, 4) is 16.9 Å². The molecular formula is C24H27ClN4O. The van der Waals surface area contributed by atoms with Crippen LogP contribution in [-0.2, 0) is 11.3 Å². The van der Waals surface area contributed by atoms with Gasteiger partial charge in [0.05, 0.1) is 16.4 Å². The molecule has 1 aliphatic rings. The van der Waals surface area contributed by atoms with Crippen molar-refractivity contribution in [3.63, 3.8) is 0 Å². The van der Waals surface area contributed by atoms with Gasteiger partial charge in [0, 0.05) is 43.4 Å². The summed E-state index contributed by atoms with van der Waals surface area (Å²) in [7, 11) is 0. The fourth-order valence-corrected chi connectivity index (χ4v) is 4.04. The SMILES string of the molecule is Cc1ccc(-c2nn(-c3ccccc3Cl)cc2CNCCCN2CCCC2=O)cc1. The van der Waals surface area contributed by atoms with Gasteiger partial charge in [-0.15, -0.1) is 0 Å². The van der Waals surface area contributed by atoms with E-state index in [0.717, 1.165) is 55.0 Å². The third-order valence-electron chi connectivity index (χ3n) is 5.48. The number of benzene rings is 2. The van der Waals surface area contributed by atoms with E-state index in [1.165, 1.54) is 5.56 Å². The Morgan fingerprint density at radius 3 is 2.67 bits per heavy atom. The van der Waals surface area contributed by atoms with Gasteiger partial charge < -0.3 is 10.2 Å². The number of hydrogen-bond donors (Lipinski definition) is 1. The van der Waals surface area contributed by atoms with Crippen molar-refractivity contribution in [1.82, 2.24) is 20.0 Å². The summed E-state index contributed by atoms with van der Waals surface area (Å²) < 4.78 is 1.86. The number of carbonyl (C=O) groups is 1. The molecule has 0 spiro atoms. The second-order valence-corrected chi connectivity index (χ2v) is 8.19. The van der Waals surface area contributed by atoms with Gasteiger partial charge in [-0.05, 0) is 38.4 Å². The highest BCUT2D eigenvalue weighted by molar-refractivity contribution is 6.32. The van der Waals surface area contributed by atoms with E-state index < -0.39 is 0 Å². The smallest absolute Gasteiger partial charge is 0.222 e. The first-order valence-corrected chi connectivity index (χ1v) is 10.9.